The lowest BCUT2D eigenvalue weighted by Gasteiger charge is -2.47. The average molecular weight is 324 g/mol. The van der Waals surface area contributed by atoms with Crippen molar-refractivity contribution in [2.75, 3.05) is 16.6 Å². The van der Waals surface area contributed by atoms with E-state index >= 15 is 0 Å². The molecule has 120 valence electrons. The van der Waals surface area contributed by atoms with Crippen LogP contribution in [0.25, 0.3) is 10.9 Å². The van der Waals surface area contributed by atoms with Crippen molar-refractivity contribution in [3.8, 4) is 0 Å². The molecule has 1 aromatic heterocycles. The van der Waals surface area contributed by atoms with Gasteiger partial charge in [-0.2, -0.15) is 0 Å². The second kappa shape index (κ2) is 5.49. The van der Waals surface area contributed by atoms with Gasteiger partial charge in [-0.25, -0.2) is 4.79 Å². The number of carboxylic acids is 1. The first kappa shape index (κ1) is 15.2. The number of benzene rings is 1. The minimum absolute atomic E-state index is 0.164. The van der Waals surface area contributed by atoms with Crippen molar-refractivity contribution < 1.29 is 19.0 Å². The molecule has 1 aromatic carbocycles. The highest BCUT2D eigenvalue weighted by Crippen LogP contribution is 2.51. The molecule has 0 unspecified atom stereocenters. The van der Waals surface area contributed by atoms with Gasteiger partial charge < -0.3 is 9.67 Å². The first-order valence-corrected chi connectivity index (χ1v) is 9.01. The summed E-state index contributed by atoms with van der Waals surface area (Å²) in [5.41, 5.74) is 1.57. The van der Waals surface area contributed by atoms with Gasteiger partial charge >= 0.3 is 5.97 Å². The fourth-order valence-electron chi connectivity index (χ4n) is 2.97. The van der Waals surface area contributed by atoms with Gasteiger partial charge in [-0.1, -0.05) is 0 Å². The van der Waals surface area contributed by atoms with Gasteiger partial charge in [0.25, 0.3) is 0 Å². The maximum atomic E-state index is 11.4. The van der Waals surface area contributed by atoms with Gasteiger partial charge in [0.15, 0.2) is 0 Å². The van der Waals surface area contributed by atoms with Crippen LogP contribution in [0.1, 0.15) is 30.1 Å². The van der Waals surface area contributed by atoms with Crippen LogP contribution < -0.4 is 4.31 Å². The fraction of sp³-hybridized carbons (Fsp3) is 0.400. The van der Waals surface area contributed by atoms with Crippen molar-refractivity contribution in [2.45, 2.75) is 26.3 Å². The lowest BCUT2D eigenvalue weighted by atomic mass is 10.1. The number of hydrogen-bond acceptors (Lipinski definition) is 4. The second-order valence-corrected chi connectivity index (χ2v) is 7.59. The van der Waals surface area contributed by atoms with Gasteiger partial charge in [-0.3, -0.25) is 13.4 Å². The zero-order valence-corrected chi connectivity index (χ0v) is 13.2. The third kappa shape index (κ3) is 2.45. The van der Waals surface area contributed by atoms with Gasteiger partial charge in [0.05, 0.1) is 22.5 Å². The van der Waals surface area contributed by atoms with Crippen LogP contribution in [0.2, 0.25) is 0 Å². The van der Waals surface area contributed by atoms with Crippen molar-refractivity contribution in [3.63, 3.8) is 0 Å². The molecule has 3 N–H and O–H groups in total. The molecule has 0 spiro atoms. The van der Waals surface area contributed by atoms with Crippen LogP contribution in [0, 0.1) is 0 Å². The van der Waals surface area contributed by atoms with E-state index in [1.807, 2.05) is 23.8 Å². The molecule has 2 heterocycles. The van der Waals surface area contributed by atoms with Crippen molar-refractivity contribution in [3.05, 3.63) is 30.0 Å². The monoisotopic (exact) mass is 324 g/mol. The number of carboxylic acid groups (broad SMARTS) is 1. The van der Waals surface area contributed by atoms with E-state index in [-0.39, 0.29) is 5.56 Å². The summed E-state index contributed by atoms with van der Waals surface area (Å²) >= 11 is 0. The molecule has 0 aliphatic carbocycles. The first-order chi connectivity index (χ1) is 10.4. The van der Waals surface area contributed by atoms with E-state index in [0.717, 1.165) is 30.3 Å². The SMILES string of the molecule is CCn1ccc2c(N3CCCCS3(O)O)cc(C(=O)O)cc21. The number of aromatic nitrogens is 1. The Morgan fingerprint density at radius 2 is 2.09 bits per heavy atom. The molecule has 0 bridgehead atoms. The van der Waals surface area contributed by atoms with E-state index in [4.69, 9.17) is 0 Å². The second-order valence-electron chi connectivity index (χ2n) is 5.48. The lowest BCUT2D eigenvalue weighted by Crippen LogP contribution is -2.34. The smallest absolute Gasteiger partial charge is 0.335 e. The number of nitrogens with zero attached hydrogens (tertiary/aromatic N) is 2. The molecule has 0 amide bonds. The number of rotatable bonds is 3. The molecular weight excluding hydrogens is 304 g/mol. The third-order valence-electron chi connectivity index (χ3n) is 4.11. The minimum atomic E-state index is -2.88. The zero-order chi connectivity index (χ0) is 15.9. The van der Waals surface area contributed by atoms with Gasteiger partial charge in [0, 0.05) is 24.7 Å². The summed E-state index contributed by atoms with van der Waals surface area (Å²) in [4.78, 5) is 11.4. The highest BCUT2D eigenvalue weighted by molar-refractivity contribution is 8.25. The van der Waals surface area contributed by atoms with Crippen LogP contribution in [-0.2, 0) is 6.54 Å². The normalized spacial score (nSPS) is 19.3. The summed E-state index contributed by atoms with van der Waals surface area (Å²) in [6, 6.07) is 5.09. The fourth-order valence-corrected chi connectivity index (χ4v) is 4.67. The van der Waals surface area contributed by atoms with E-state index in [1.165, 1.54) is 0 Å². The Bertz CT molecular complexity index is 726. The van der Waals surface area contributed by atoms with Crippen LogP contribution in [0.3, 0.4) is 0 Å². The maximum absolute atomic E-state index is 11.4. The molecule has 0 radical (unpaired) electrons. The van der Waals surface area contributed by atoms with E-state index < -0.39 is 16.7 Å². The quantitative estimate of drug-likeness (QED) is 0.803. The molecule has 0 atom stereocenters. The minimum Gasteiger partial charge on any atom is -0.478 e. The molecule has 0 saturated carbocycles. The standard InChI is InChI=1S/C15H20N2O4S/c1-2-16-7-5-12-13(16)9-11(15(18)19)10-14(12)17-6-3-4-8-22(17,20)21/h5,7,9-10,20-21H,2-4,6,8H2,1H3,(H,18,19). The molecule has 1 fully saturated rings. The molecule has 7 heteroatoms. The van der Waals surface area contributed by atoms with Crippen molar-refractivity contribution in [1.29, 1.82) is 0 Å². The van der Waals surface area contributed by atoms with E-state index in [0.29, 0.717) is 18.0 Å². The van der Waals surface area contributed by atoms with Crippen LogP contribution >= 0.6 is 10.8 Å². The number of aryl methyl sites for hydroxylation is 1. The van der Waals surface area contributed by atoms with Crippen LogP contribution in [0.5, 0.6) is 0 Å². The Kier molecular flexibility index (Phi) is 3.80. The van der Waals surface area contributed by atoms with E-state index in [9.17, 15) is 19.0 Å². The molecule has 22 heavy (non-hydrogen) atoms. The first-order valence-electron chi connectivity index (χ1n) is 7.34. The molecule has 3 rings (SSSR count). The number of anilines is 1. The Morgan fingerprint density at radius 3 is 2.73 bits per heavy atom. The Balaban J connectivity index is 2.23. The molecule has 1 aliphatic rings. The Morgan fingerprint density at radius 1 is 1.32 bits per heavy atom. The van der Waals surface area contributed by atoms with Crippen LogP contribution in [0.15, 0.2) is 24.4 Å². The molecule has 6 nitrogen and oxygen atoms in total. The molecular formula is C15H20N2O4S. The number of aromatic carboxylic acids is 1. The van der Waals surface area contributed by atoms with E-state index in [2.05, 4.69) is 0 Å². The molecule has 1 aliphatic heterocycles. The summed E-state index contributed by atoms with van der Waals surface area (Å²) in [6.45, 7) is 3.24. The van der Waals surface area contributed by atoms with Crippen molar-refractivity contribution >= 4 is 33.3 Å². The number of hydrogen-bond donors (Lipinski definition) is 3. The topological polar surface area (TPSA) is 85.9 Å². The Hall–Kier alpha value is -1.70. The predicted molar refractivity (Wildman–Crippen MR) is 88.9 cm³/mol. The molecule has 2 aromatic rings. The maximum Gasteiger partial charge on any atom is 0.335 e. The largest absolute Gasteiger partial charge is 0.478 e. The summed E-state index contributed by atoms with van der Waals surface area (Å²) < 4.78 is 24.3. The lowest BCUT2D eigenvalue weighted by molar-refractivity contribution is 0.0697. The van der Waals surface area contributed by atoms with Gasteiger partial charge in [-0.05, 0) is 38.0 Å². The van der Waals surface area contributed by atoms with E-state index in [1.54, 1.807) is 16.4 Å². The summed E-state index contributed by atoms with van der Waals surface area (Å²) in [5, 5.41) is 10.2. The zero-order valence-electron chi connectivity index (χ0n) is 12.4. The van der Waals surface area contributed by atoms with Crippen molar-refractivity contribution in [1.82, 2.24) is 4.57 Å². The van der Waals surface area contributed by atoms with Crippen LogP contribution in [0.4, 0.5) is 5.69 Å². The number of carbonyl (C=O) groups is 1. The van der Waals surface area contributed by atoms with Gasteiger partial charge in [0.1, 0.15) is 0 Å². The molecule has 1 saturated heterocycles. The highest BCUT2D eigenvalue weighted by Gasteiger charge is 2.29. The Labute approximate surface area is 130 Å². The predicted octanol–water partition coefficient (Wildman–Crippen LogP) is 3.63. The summed E-state index contributed by atoms with van der Waals surface area (Å²) in [6.07, 6.45) is 3.54. The van der Waals surface area contributed by atoms with Crippen LogP contribution in [-0.4, -0.2) is 37.0 Å². The van der Waals surface area contributed by atoms with Gasteiger partial charge in [-0.15, -0.1) is 10.8 Å². The summed E-state index contributed by atoms with van der Waals surface area (Å²) in [7, 11) is -2.88. The third-order valence-corrected chi connectivity index (χ3v) is 6.03. The summed E-state index contributed by atoms with van der Waals surface area (Å²) in [5.74, 6) is -0.680. The van der Waals surface area contributed by atoms with Crippen molar-refractivity contribution in [2.24, 2.45) is 0 Å². The van der Waals surface area contributed by atoms with Gasteiger partial charge in [0.2, 0.25) is 0 Å². The average Bonchev–Trinajstić information content (AvgIpc) is 2.89. The number of fused-ring (bicyclic) bond motifs is 1. The highest BCUT2D eigenvalue weighted by atomic mass is 32.3.